The summed E-state index contributed by atoms with van der Waals surface area (Å²) in [4.78, 5) is 25.5. The molecule has 0 aromatic carbocycles. The van der Waals surface area contributed by atoms with Crippen LogP contribution in [0.2, 0.25) is 0 Å². The van der Waals surface area contributed by atoms with Crippen LogP contribution < -0.4 is 0 Å². The van der Waals surface area contributed by atoms with Gasteiger partial charge in [-0.25, -0.2) is 0 Å². The fraction of sp³-hybridized carbons (Fsp3) is 0.800. The lowest BCUT2D eigenvalue weighted by molar-refractivity contribution is -0.208. The van der Waals surface area contributed by atoms with E-state index in [4.69, 9.17) is 9.47 Å². The van der Waals surface area contributed by atoms with Crippen LogP contribution in [0.3, 0.4) is 0 Å². The molecule has 5 nitrogen and oxygen atoms in total. The summed E-state index contributed by atoms with van der Waals surface area (Å²) in [5.41, 5.74) is 0.327. The Balaban J connectivity index is 1.55. The summed E-state index contributed by atoms with van der Waals surface area (Å²) in [6, 6.07) is 0. The highest BCUT2D eigenvalue weighted by Gasteiger charge is 2.60. The molecule has 0 amide bonds. The third-order valence-electron chi connectivity index (χ3n) is 7.71. The first kappa shape index (κ1) is 16.2. The summed E-state index contributed by atoms with van der Waals surface area (Å²) in [6.07, 6.45) is 5.02. The number of hydrogen-bond donors (Lipinski definition) is 1. The van der Waals surface area contributed by atoms with Crippen LogP contribution >= 0.6 is 0 Å². The lowest BCUT2D eigenvalue weighted by Crippen LogP contribution is -2.53. The van der Waals surface area contributed by atoms with Crippen LogP contribution in [-0.4, -0.2) is 41.3 Å². The average Bonchev–Trinajstić information content (AvgIpc) is 3.12. The lowest BCUT2D eigenvalue weighted by Gasteiger charge is -2.52. The first-order valence-electron chi connectivity index (χ1n) is 9.67. The molecule has 0 unspecified atom stereocenters. The number of rotatable bonds is 0. The van der Waals surface area contributed by atoms with Crippen molar-refractivity contribution in [1.82, 2.24) is 0 Å². The highest BCUT2D eigenvalue weighted by Crippen LogP contribution is 2.60. The van der Waals surface area contributed by atoms with Crippen LogP contribution in [0.1, 0.15) is 58.3 Å². The zero-order chi connectivity index (χ0) is 17.4. The van der Waals surface area contributed by atoms with Crippen molar-refractivity contribution in [2.45, 2.75) is 69.7 Å². The summed E-state index contributed by atoms with van der Waals surface area (Å²) >= 11 is 0. The lowest BCUT2D eigenvalue weighted by atomic mass is 9.54. The van der Waals surface area contributed by atoms with E-state index in [0.29, 0.717) is 51.7 Å². The monoisotopic (exact) mass is 346 g/mol. The topological polar surface area (TPSA) is 72.8 Å². The van der Waals surface area contributed by atoms with Crippen LogP contribution in [0.5, 0.6) is 0 Å². The quantitative estimate of drug-likeness (QED) is 0.729. The number of carbonyl (C=O) groups is 2. The van der Waals surface area contributed by atoms with E-state index < -0.39 is 16.8 Å². The highest BCUT2D eigenvalue weighted by molar-refractivity contribution is 6.03. The number of allylic oxidation sites excluding steroid dienone is 1. The molecule has 1 saturated heterocycles. The Morgan fingerprint density at radius 1 is 1.08 bits per heavy atom. The second-order valence-electron chi connectivity index (χ2n) is 8.94. The number of fused-ring (bicyclic) bond motifs is 4. The van der Waals surface area contributed by atoms with E-state index in [9.17, 15) is 14.7 Å². The van der Waals surface area contributed by atoms with E-state index in [1.165, 1.54) is 0 Å². The van der Waals surface area contributed by atoms with Gasteiger partial charge in [-0.05, 0) is 43.1 Å². The second kappa shape index (κ2) is 5.02. The summed E-state index contributed by atoms with van der Waals surface area (Å²) < 4.78 is 11.6. The van der Waals surface area contributed by atoms with Gasteiger partial charge in [-0.3, -0.25) is 9.59 Å². The molecule has 5 aliphatic rings. The number of hydrogen-bond acceptors (Lipinski definition) is 5. The summed E-state index contributed by atoms with van der Waals surface area (Å²) in [5, 5.41) is 11.4. The Labute approximate surface area is 147 Å². The van der Waals surface area contributed by atoms with Crippen molar-refractivity contribution in [3.63, 3.8) is 0 Å². The van der Waals surface area contributed by atoms with Crippen molar-refractivity contribution >= 4 is 11.6 Å². The zero-order valence-corrected chi connectivity index (χ0v) is 14.8. The van der Waals surface area contributed by atoms with Crippen LogP contribution in [0.15, 0.2) is 11.1 Å². The number of ether oxygens (including phenoxy) is 2. The fourth-order valence-corrected chi connectivity index (χ4v) is 6.50. The summed E-state index contributed by atoms with van der Waals surface area (Å²) in [5.74, 6) is 0.0933. The van der Waals surface area contributed by atoms with Crippen molar-refractivity contribution in [2.75, 3.05) is 13.2 Å². The minimum atomic E-state index is -0.986. The largest absolute Gasteiger partial charge is 0.385 e. The van der Waals surface area contributed by atoms with Crippen molar-refractivity contribution in [3.05, 3.63) is 11.1 Å². The maximum atomic E-state index is 13.0. The molecule has 25 heavy (non-hydrogen) atoms. The molecule has 5 heteroatoms. The van der Waals surface area contributed by atoms with Crippen LogP contribution in [-0.2, 0) is 19.1 Å². The van der Waals surface area contributed by atoms with Gasteiger partial charge < -0.3 is 14.6 Å². The molecule has 0 aromatic heterocycles. The first-order valence-corrected chi connectivity index (χ1v) is 9.67. The van der Waals surface area contributed by atoms with Gasteiger partial charge in [-0.1, -0.05) is 6.92 Å². The third-order valence-corrected chi connectivity index (χ3v) is 7.71. The van der Waals surface area contributed by atoms with Gasteiger partial charge in [-0.2, -0.15) is 0 Å². The zero-order valence-electron chi connectivity index (χ0n) is 14.8. The number of carbonyl (C=O) groups excluding carboxylic acids is 2. The van der Waals surface area contributed by atoms with Gasteiger partial charge in [0, 0.05) is 36.7 Å². The maximum absolute atomic E-state index is 13.0. The Kier molecular flexibility index (Phi) is 3.24. The molecule has 0 aromatic rings. The Hall–Kier alpha value is -1.04. The molecule has 3 saturated carbocycles. The van der Waals surface area contributed by atoms with Crippen molar-refractivity contribution < 1.29 is 24.2 Å². The molecule has 1 heterocycles. The number of Topliss-reactive ketones (excluding diaryl/α,β-unsaturated/α-hetero) is 2. The predicted octanol–water partition coefficient (Wildman–Crippen LogP) is 2.31. The van der Waals surface area contributed by atoms with Gasteiger partial charge in [0.2, 0.25) is 0 Å². The minimum Gasteiger partial charge on any atom is -0.385 e. The minimum absolute atomic E-state index is 0.0938. The first-order chi connectivity index (χ1) is 11.9. The molecule has 1 spiro atoms. The molecule has 1 N–H and O–H groups in total. The third kappa shape index (κ3) is 2.06. The Morgan fingerprint density at radius 2 is 1.84 bits per heavy atom. The van der Waals surface area contributed by atoms with E-state index >= 15 is 0 Å². The predicted molar refractivity (Wildman–Crippen MR) is 88.6 cm³/mol. The number of ketones is 2. The van der Waals surface area contributed by atoms with E-state index in [0.717, 1.165) is 24.0 Å². The van der Waals surface area contributed by atoms with E-state index in [-0.39, 0.29) is 23.4 Å². The van der Waals surface area contributed by atoms with Gasteiger partial charge in [0.15, 0.2) is 11.6 Å². The van der Waals surface area contributed by atoms with Gasteiger partial charge >= 0.3 is 0 Å². The average molecular weight is 346 g/mol. The highest BCUT2D eigenvalue weighted by atomic mass is 16.7. The van der Waals surface area contributed by atoms with E-state index in [1.54, 1.807) is 0 Å². The molecule has 0 bridgehead atoms. The van der Waals surface area contributed by atoms with Gasteiger partial charge in [0.25, 0.3) is 0 Å². The van der Waals surface area contributed by atoms with Gasteiger partial charge in [-0.15, -0.1) is 0 Å². The normalized spacial score (nSPS) is 45.5. The van der Waals surface area contributed by atoms with Crippen LogP contribution in [0, 0.1) is 17.3 Å². The van der Waals surface area contributed by atoms with E-state index in [1.807, 2.05) is 6.92 Å². The molecular formula is C20H26O5. The fourth-order valence-electron chi connectivity index (χ4n) is 6.50. The number of aliphatic hydroxyl groups is 1. The summed E-state index contributed by atoms with van der Waals surface area (Å²) in [7, 11) is 0. The van der Waals surface area contributed by atoms with Crippen molar-refractivity contribution in [1.29, 1.82) is 0 Å². The van der Waals surface area contributed by atoms with Crippen molar-refractivity contribution in [3.8, 4) is 0 Å². The van der Waals surface area contributed by atoms with Gasteiger partial charge in [0.05, 0.1) is 18.8 Å². The molecule has 0 radical (unpaired) electrons. The molecule has 4 fully saturated rings. The molecule has 4 aliphatic carbocycles. The van der Waals surface area contributed by atoms with Crippen LogP contribution in [0.4, 0.5) is 0 Å². The smallest absolute Gasteiger partial charge is 0.171 e. The van der Waals surface area contributed by atoms with Crippen LogP contribution in [0.25, 0.3) is 0 Å². The molecule has 136 valence electrons. The maximum Gasteiger partial charge on any atom is 0.171 e. The Bertz CT molecular complexity index is 688. The van der Waals surface area contributed by atoms with Gasteiger partial charge in [0.1, 0.15) is 5.78 Å². The second-order valence-corrected chi connectivity index (χ2v) is 8.94. The molecular weight excluding hydrogens is 320 g/mol. The molecule has 5 rings (SSSR count). The molecule has 1 aliphatic heterocycles. The van der Waals surface area contributed by atoms with E-state index in [2.05, 4.69) is 0 Å². The summed E-state index contributed by atoms with van der Waals surface area (Å²) in [6.45, 7) is 3.14. The standard InChI is InChI=1S/C20H26O5/c1-18-10-15(21)17-12(13(18)2-3-16(18)22)4-6-19(23)11-20(7-5-14(17)19)24-8-9-25-20/h12-13,23H,2-11H2,1H3/t12-,13-,18-,19-/m0/s1. The SMILES string of the molecule is C[C@]12CC(=O)C3=C4CCC5(C[C@@]4(O)CC[C@H]3[C@@H]1CCC2=O)OCCO5. The molecule has 4 atom stereocenters. The van der Waals surface area contributed by atoms with Crippen molar-refractivity contribution in [2.24, 2.45) is 17.3 Å². The Morgan fingerprint density at radius 3 is 2.60 bits per heavy atom.